The van der Waals surface area contributed by atoms with Crippen molar-refractivity contribution in [3.05, 3.63) is 64.2 Å². The van der Waals surface area contributed by atoms with Crippen LogP contribution in [0.2, 0.25) is 0 Å². The number of non-ortho nitro benzene ring substituents is 1. The lowest BCUT2D eigenvalue weighted by Gasteiger charge is -1.96. The highest BCUT2D eigenvalue weighted by Crippen LogP contribution is 2.19. The number of fused-ring (bicyclic) bond motifs is 1. The second-order valence-electron chi connectivity index (χ2n) is 4.57. The van der Waals surface area contributed by atoms with E-state index in [9.17, 15) is 10.1 Å². The smallest absolute Gasteiger partial charge is 0.269 e. The Kier molecular flexibility index (Phi) is 3.19. The molecule has 0 fully saturated rings. The van der Waals surface area contributed by atoms with Gasteiger partial charge < -0.3 is 4.57 Å². The molecule has 0 unspecified atom stereocenters. The van der Waals surface area contributed by atoms with Crippen LogP contribution in [-0.4, -0.2) is 20.7 Å². The molecule has 0 N–H and O–H groups in total. The fourth-order valence-electron chi connectivity index (χ4n) is 2.06. The maximum Gasteiger partial charge on any atom is 0.269 e. The van der Waals surface area contributed by atoms with Crippen molar-refractivity contribution in [2.45, 2.75) is 0 Å². The van der Waals surface area contributed by atoms with Gasteiger partial charge in [-0.1, -0.05) is 12.1 Å². The minimum atomic E-state index is -0.424. The molecule has 0 aliphatic carbocycles. The topological polar surface area (TPSA) is 73.3 Å². The standard InChI is InChI=1S/C15H12N4O2/c1-18-14-5-3-2-4-13(14)17-15(18)16-10-11-6-8-12(9-7-11)19(20)21/h2-10H,1H3. The highest BCUT2D eigenvalue weighted by Gasteiger charge is 2.05. The number of nitrogens with zero attached hydrogens (tertiary/aromatic N) is 4. The monoisotopic (exact) mass is 280 g/mol. The van der Waals surface area contributed by atoms with E-state index in [2.05, 4.69) is 9.98 Å². The van der Waals surface area contributed by atoms with Crippen LogP contribution in [0.3, 0.4) is 0 Å². The first kappa shape index (κ1) is 13.0. The molecule has 0 aliphatic rings. The molecule has 1 heterocycles. The van der Waals surface area contributed by atoms with Gasteiger partial charge >= 0.3 is 0 Å². The molecule has 0 spiro atoms. The van der Waals surface area contributed by atoms with Crippen molar-refractivity contribution >= 4 is 28.9 Å². The number of benzene rings is 2. The maximum atomic E-state index is 10.6. The van der Waals surface area contributed by atoms with Crippen LogP contribution >= 0.6 is 0 Å². The van der Waals surface area contributed by atoms with E-state index in [0.717, 1.165) is 16.6 Å². The summed E-state index contributed by atoms with van der Waals surface area (Å²) in [5.41, 5.74) is 2.74. The predicted molar refractivity (Wildman–Crippen MR) is 81.1 cm³/mol. The lowest BCUT2D eigenvalue weighted by Crippen LogP contribution is -1.89. The minimum Gasteiger partial charge on any atom is -0.311 e. The zero-order valence-corrected chi connectivity index (χ0v) is 11.3. The number of imidazole rings is 1. The van der Waals surface area contributed by atoms with Crippen LogP contribution in [0.1, 0.15) is 5.56 Å². The van der Waals surface area contributed by atoms with Gasteiger partial charge in [0.25, 0.3) is 5.69 Å². The van der Waals surface area contributed by atoms with Gasteiger partial charge in [-0.15, -0.1) is 0 Å². The molecule has 3 rings (SSSR count). The fraction of sp³-hybridized carbons (Fsp3) is 0.0667. The van der Waals surface area contributed by atoms with E-state index in [1.54, 1.807) is 18.3 Å². The van der Waals surface area contributed by atoms with Gasteiger partial charge in [0, 0.05) is 25.4 Å². The summed E-state index contributed by atoms with van der Waals surface area (Å²) < 4.78 is 1.90. The summed E-state index contributed by atoms with van der Waals surface area (Å²) in [6.45, 7) is 0. The molecule has 0 saturated heterocycles. The Balaban J connectivity index is 1.90. The summed E-state index contributed by atoms with van der Waals surface area (Å²) in [6, 6.07) is 14.0. The molecule has 6 heteroatoms. The van der Waals surface area contributed by atoms with E-state index in [-0.39, 0.29) is 5.69 Å². The number of aromatic nitrogens is 2. The molecule has 2 aromatic carbocycles. The summed E-state index contributed by atoms with van der Waals surface area (Å²) in [5, 5.41) is 10.6. The van der Waals surface area contributed by atoms with E-state index >= 15 is 0 Å². The van der Waals surface area contributed by atoms with Crippen molar-refractivity contribution in [3.8, 4) is 0 Å². The zero-order valence-electron chi connectivity index (χ0n) is 11.3. The second-order valence-corrected chi connectivity index (χ2v) is 4.57. The Morgan fingerprint density at radius 2 is 1.90 bits per heavy atom. The van der Waals surface area contributed by atoms with Gasteiger partial charge in [0.05, 0.1) is 16.0 Å². The number of para-hydroxylation sites is 2. The minimum absolute atomic E-state index is 0.0647. The number of nitro groups is 1. The Morgan fingerprint density at radius 3 is 2.57 bits per heavy atom. The molecule has 21 heavy (non-hydrogen) atoms. The molecule has 0 aliphatic heterocycles. The maximum absolute atomic E-state index is 10.6. The van der Waals surface area contributed by atoms with Crippen molar-refractivity contribution in [1.29, 1.82) is 0 Å². The highest BCUT2D eigenvalue weighted by atomic mass is 16.6. The van der Waals surface area contributed by atoms with E-state index in [4.69, 9.17) is 0 Å². The van der Waals surface area contributed by atoms with Crippen molar-refractivity contribution in [2.24, 2.45) is 12.0 Å². The van der Waals surface area contributed by atoms with Crippen LogP contribution in [0.5, 0.6) is 0 Å². The molecule has 0 saturated carbocycles. The number of hydrogen-bond donors (Lipinski definition) is 0. The molecule has 0 bridgehead atoms. The number of nitro benzene ring substituents is 1. The van der Waals surface area contributed by atoms with Crippen molar-refractivity contribution in [3.63, 3.8) is 0 Å². The summed E-state index contributed by atoms with van der Waals surface area (Å²) in [4.78, 5) is 18.9. The van der Waals surface area contributed by atoms with E-state index in [0.29, 0.717) is 5.95 Å². The summed E-state index contributed by atoms with van der Waals surface area (Å²) in [7, 11) is 1.90. The predicted octanol–water partition coefficient (Wildman–Crippen LogP) is 3.23. The van der Waals surface area contributed by atoms with Crippen molar-refractivity contribution < 1.29 is 4.92 Å². The average Bonchev–Trinajstić information content (AvgIpc) is 2.82. The first-order valence-electron chi connectivity index (χ1n) is 6.35. The van der Waals surface area contributed by atoms with Crippen LogP contribution in [0.25, 0.3) is 11.0 Å². The lowest BCUT2D eigenvalue weighted by atomic mass is 10.2. The normalized spacial score (nSPS) is 11.3. The van der Waals surface area contributed by atoms with Gasteiger partial charge in [-0.3, -0.25) is 10.1 Å². The quantitative estimate of drug-likeness (QED) is 0.420. The van der Waals surface area contributed by atoms with Crippen LogP contribution in [0.15, 0.2) is 53.5 Å². The first-order chi connectivity index (χ1) is 10.1. The van der Waals surface area contributed by atoms with E-state index in [1.807, 2.05) is 35.9 Å². The number of hydrogen-bond acceptors (Lipinski definition) is 4. The first-order valence-corrected chi connectivity index (χ1v) is 6.35. The third-order valence-electron chi connectivity index (χ3n) is 3.20. The third kappa shape index (κ3) is 2.51. The van der Waals surface area contributed by atoms with Gasteiger partial charge in [-0.2, -0.15) is 0 Å². The molecule has 6 nitrogen and oxygen atoms in total. The number of aryl methyl sites for hydroxylation is 1. The van der Waals surface area contributed by atoms with Crippen LogP contribution < -0.4 is 0 Å². The zero-order chi connectivity index (χ0) is 14.8. The summed E-state index contributed by atoms with van der Waals surface area (Å²) in [5.74, 6) is 0.592. The molecule has 1 aromatic heterocycles. The SMILES string of the molecule is Cn1c(N=Cc2ccc([N+](=O)[O-])cc2)nc2ccccc21. The fourth-order valence-corrected chi connectivity index (χ4v) is 2.06. The van der Waals surface area contributed by atoms with Gasteiger partial charge in [-0.25, -0.2) is 9.98 Å². The van der Waals surface area contributed by atoms with Crippen molar-refractivity contribution in [1.82, 2.24) is 9.55 Å². The van der Waals surface area contributed by atoms with Gasteiger partial charge in [0.15, 0.2) is 0 Å². The molecular formula is C15H12N4O2. The Morgan fingerprint density at radius 1 is 1.19 bits per heavy atom. The summed E-state index contributed by atoms with van der Waals surface area (Å²) in [6.07, 6.45) is 1.64. The van der Waals surface area contributed by atoms with E-state index in [1.165, 1.54) is 12.1 Å². The summed E-state index contributed by atoms with van der Waals surface area (Å²) >= 11 is 0. The molecule has 0 amide bonds. The third-order valence-corrected chi connectivity index (χ3v) is 3.20. The molecular weight excluding hydrogens is 268 g/mol. The van der Waals surface area contributed by atoms with Gasteiger partial charge in [-0.05, 0) is 29.8 Å². The number of rotatable bonds is 3. The van der Waals surface area contributed by atoms with E-state index < -0.39 is 4.92 Å². The lowest BCUT2D eigenvalue weighted by molar-refractivity contribution is -0.384. The Hall–Kier alpha value is -3.02. The molecule has 0 atom stereocenters. The van der Waals surface area contributed by atoms with Gasteiger partial charge in [0.2, 0.25) is 5.95 Å². The molecule has 104 valence electrons. The van der Waals surface area contributed by atoms with Gasteiger partial charge in [0.1, 0.15) is 0 Å². The number of aliphatic imine (C=N–C) groups is 1. The Bertz CT molecular complexity index is 835. The Labute approximate surface area is 120 Å². The molecule has 0 radical (unpaired) electrons. The van der Waals surface area contributed by atoms with Crippen molar-refractivity contribution in [2.75, 3.05) is 0 Å². The highest BCUT2D eigenvalue weighted by molar-refractivity contribution is 5.83. The molecule has 3 aromatic rings. The second kappa shape index (κ2) is 5.16. The van der Waals surface area contributed by atoms with Crippen LogP contribution in [0.4, 0.5) is 11.6 Å². The largest absolute Gasteiger partial charge is 0.311 e. The average molecular weight is 280 g/mol. The van der Waals surface area contributed by atoms with Crippen LogP contribution in [-0.2, 0) is 7.05 Å². The van der Waals surface area contributed by atoms with Crippen LogP contribution in [0, 0.1) is 10.1 Å².